The third-order valence-electron chi connectivity index (χ3n) is 5.12. The van der Waals surface area contributed by atoms with Gasteiger partial charge in [-0.05, 0) is 37.5 Å². The molecule has 0 aromatic rings. The molecular formula is C21H42O4. The van der Waals surface area contributed by atoms with Crippen LogP contribution in [0.5, 0.6) is 0 Å². The molecule has 0 spiro atoms. The second-order valence-corrected chi connectivity index (χ2v) is 7.42. The highest BCUT2D eigenvalue weighted by Gasteiger charge is 2.15. The van der Waals surface area contributed by atoms with Gasteiger partial charge >= 0.3 is 5.97 Å². The smallest absolute Gasteiger partial charge is 0.305 e. The first-order valence-electron chi connectivity index (χ1n) is 10.5. The van der Waals surface area contributed by atoms with Crippen LogP contribution in [0.15, 0.2) is 0 Å². The average molecular weight is 359 g/mol. The molecule has 0 aliphatic carbocycles. The molecule has 4 nitrogen and oxygen atoms in total. The van der Waals surface area contributed by atoms with E-state index in [1.807, 2.05) is 0 Å². The molecule has 0 aliphatic heterocycles. The van der Waals surface area contributed by atoms with Gasteiger partial charge in [-0.25, -0.2) is 0 Å². The van der Waals surface area contributed by atoms with Crippen LogP contribution in [-0.4, -0.2) is 36.5 Å². The van der Waals surface area contributed by atoms with E-state index in [1.165, 1.54) is 39.2 Å². The Morgan fingerprint density at radius 3 is 1.76 bits per heavy atom. The Morgan fingerprint density at radius 1 is 0.800 bits per heavy atom. The summed E-state index contributed by atoms with van der Waals surface area (Å²) in [7, 11) is 1.43. The van der Waals surface area contributed by atoms with Gasteiger partial charge < -0.3 is 14.9 Å². The van der Waals surface area contributed by atoms with E-state index in [0.717, 1.165) is 51.4 Å². The van der Waals surface area contributed by atoms with Crippen LogP contribution in [0.25, 0.3) is 0 Å². The zero-order chi connectivity index (χ0) is 18.8. The lowest BCUT2D eigenvalue weighted by molar-refractivity contribution is -0.140. The van der Waals surface area contributed by atoms with Crippen LogP contribution in [0.2, 0.25) is 0 Å². The van der Waals surface area contributed by atoms with Gasteiger partial charge in [-0.1, -0.05) is 64.7 Å². The van der Waals surface area contributed by atoms with Crippen LogP contribution >= 0.6 is 0 Å². The predicted molar refractivity (Wildman–Crippen MR) is 103 cm³/mol. The van der Waals surface area contributed by atoms with E-state index in [9.17, 15) is 15.0 Å². The summed E-state index contributed by atoms with van der Waals surface area (Å²) in [5.74, 6) is 0.548. The average Bonchev–Trinajstić information content (AvgIpc) is 2.64. The third-order valence-corrected chi connectivity index (χ3v) is 5.12. The van der Waals surface area contributed by atoms with Crippen molar-refractivity contribution < 1.29 is 19.7 Å². The van der Waals surface area contributed by atoms with Gasteiger partial charge in [-0.2, -0.15) is 0 Å². The van der Waals surface area contributed by atoms with Crippen LogP contribution in [0.3, 0.4) is 0 Å². The largest absolute Gasteiger partial charge is 0.469 e. The number of esters is 1. The predicted octanol–water partition coefficient (Wildman–Crippen LogP) is 4.86. The summed E-state index contributed by atoms with van der Waals surface area (Å²) in [5.41, 5.74) is 0. The maximum Gasteiger partial charge on any atom is 0.305 e. The lowest BCUT2D eigenvalue weighted by Crippen LogP contribution is -2.16. The van der Waals surface area contributed by atoms with Gasteiger partial charge in [0.25, 0.3) is 0 Å². The van der Waals surface area contributed by atoms with Crippen LogP contribution in [0, 0.1) is 11.8 Å². The Morgan fingerprint density at radius 2 is 1.28 bits per heavy atom. The van der Waals surface area contributed by atoms with Crippen molar-refractivity contribution >= 4 is 5.97 Å². The molecule has 0 bridgehead atoms. The molecule has 0 heterocycles. The van der Waals surface area contributed by atoms with Crippen molar-refractivity contribution in [3.05, 3.63) is 0 Å². The van der Waals surface area contributed by atoms with Gasteiger partial charge in [0.1, 0.15) is 0 Å². The highest BCUT2D eigenvalue weighted by atomic mass is 16.5. The van der Waals surface area contributed by atoms with Crippen molar-refractivity contribution in [2.75, 3.05) is 20.3 Å². The molecule has 0 radical (unpaired) electrons. The Bertz CT molecular complexity index is 294. The summed E-state index contributed by atoms with van der Waals surface area (Å²) in [6.45, 7) is 2.70. The molecule has 25 heavy (non-hydrogen) atoms. The van der Waals surface area contributed by atoms with Crippen molar-refractivity contribution in [1.29, 1.82) is 0 Å². The van der Waals surface area contributed by atoms with Crippen molar-refractivity contribution in [3.63, 3.8) is 0 Å². The number of hydrogen-bond acceptors (Lipinski definition) is 4. The Balaban J connectivity index is 3.71. The fraction of sp³-hybridized carbons (Fsp3) is 0.952. The number of carbonyl (C=O) groups excluding carboxylic acids is 1. The van der Waals surface area contributed by atoms with E-state index in [0.29, 0.717) is 18.3 Å². The van der Waals surface area contributed by atoms with E-state index in [-0.39, 0.29) is 19.2 Å². The fourth-order valence-corrected chi connectivity index (χ4v) is 3.41. The molecule has 0 aliphatic rings. The quantitative estimate of drug-likeness (QED) is 0.271. The van der Waals surface area contributed by atoms with Crippen LogP contribution in [0.1, 0.15) is 96.8 Å². The van der Waals surface area contributed by atoms with Crippen LogP contribution in [0.4, 0.5) is 0 Å². The van der Waals surface area contributed by atoms with Gasteiger partial charge in [-0.15, -0.1) is 0 Å². The molecule has 2 atom stereocenters. The molecule has 0 amide bonds. The van der Waals surface area contributed by atoms with Gasteiger partial charge in [0.05, 0.1) is 7.11 Å². The molecule has 0 aromatic heterocycles. The van der Waals surface area contributed by atoms with Gasteiger partial charge in [-0.3, -0.25) is 4.79 Å². The first-order chi connectivity index (χ1) is 12.2. The molecule has 0 aromatic carbocycles. The second kappa shape index (κ2) is 18.2. The first kappa shape index (κ1) is 24.4. The summed E-state index contributed by atoms with van der Waals surface area (Å²) < 4.78 is 4.63. The lowest BCUT2D eigenvalue weighted by Gasteiger charge is -2.20. The summed E-state index contributed by atoms with van der Waals surface area (Å²) in [4.78, 5) is 11.0. The number of aliphatic hydroxyl groups is 2. The van der Waals surface area contributed by atoms with Crippen molar-refractivity contribution in [2.45, 2.75) is 96.8 Å². The minimum Gasteiger partial charge on any atom is -0.469 e. The van der Waals surface area contributed by atoms with Crippen molar-refractivity contribution in [2.24, 2.45) is 11.8 Å². The Labute approximate surface area is 155 Å². The summed E-state index contributed by atoms with van der Waals surface area (Å²) in [5, 5.41) is 19.2. The third kappa shape index (κ3) is 15.4. The number of aliphatic hydroxyl groups excluding tert-OH is 2. The second-order valence-electron chi connectivity index (χ2n) is 7.42. The van der Waals surface area contributed by atoms with E-state index in [1.54, 1.807) is 0 Å². The molecule has 0 saturated carbocycles. The Hall–Kier alpha value is -0.610. The molecule has 150 valence electrons. The number of methoxy groups -OCH3 is 1. The van der Waals surface area contributed by atoms with E-state index in [4.69, 9.17) is 0 Å². The monoisotopic (exact) mass is 358 g/mol. The minimum absolute atomic E-state index is 0.120. The SMILES string of the molecule is CCCCCCCC(CO)CC(CO)CCCCCCCC(=O)OC. The van der Waals surface area contributed by atoms with Crippen molar-refractivity contribution in [1.82, 2.24) is 0 Å². The first-order valence-corrected chi connectivity index (χ1v) is 10.5. The van der Waals surface area contributed by atoms with Gasteiger partial charge in [0.2, 0.25) is 0 Å². The van der Waals surface area contributed by atoms with Crippen molar-refractivity contribution in [3.8, 4) is 0 Å². The fourth-order valence-electron chi connectivity index (χ4n) is 3.41. The van der Waals surface area contributed by atoms with E-state index < -0.39 is 0 Å². The Kier molecular flexibility index (Phi) is 17.7. The number of carbonyl (C=O) groups is 1. The normalized spacial score (nSPS) is 13.6. The van der Waals surface area contributed by atoms with Gasteiger partial charge in [0.15, 0.2) is 0 Å². The summed E-state index contributed by atoms with van der Waals surface area (Å²) in [6, 6.07) is 0. The molecular weight excluding hydrogens is 316 g/mol. The topological polar surface area (TPSA) is 66.8 Å². The lowest BCUT2D eigenvalue weighted by atomic mass is 9.88. The number of ether oxygens (including phenoxy) is 1. The summed E-state index contributed by atoms with van der Waals surface area (Å²) in [6.07, 6.45) is 15.3. The van der Waals surface area contributed by atoms with Gasteiger partial charge in [0, 0.05) is 19.6 Å². The zero-order valence-electron chi connectivity index (χ0n) is 16.7. The number of hydrogen-bond donors (Lipinski definition) is 2. The highest BCUT2D eigenvalue weighted by molar-refractivity contribution is 5.68. The van der Waals surface area contributed by atoms with E-state index >= 15 is 0 Å². The number of unbranched alkanes of at least 4 members (excludes halogenated alkanes) is 8. The standard InChI is InChI=1S/C21H42O4/c1-3-4-5-7-10-13-19(17-22)16-20(18-23)14-11-8-6-9-12-15-21(24)25-2/h19-20,22-23H,3-18H2,1-2H3. The van der Waals surface area contributed by atoms with E-state index in [2.05, 4.69) is 11.7 Å². The molecule has 0 rings (SSSR count). The molecule has 0 fully saturated rings. The molecule has 2 unspecified atom stereocenters. The maximum absolute atomic E-state index is 11.0. The zero-order valence-corrected chi connectivity index (χ0v) is 16.7. The molecule has 0 saturated heterocycles. The number of rotatable bonds is 18. The van der Waals surface area contributed by atoms with Crippen LogP contribution < -0.4 is 0 Å². The van der Waals surface area contributed by atoms with Crippen LogP contribution in [-0.2, 0) is 9.53 Å². The minimum atomic E-state index is -0.120. The molecule has 2 N–H and O–H groups in total. The highest BCUT2D eigenvalue weighted by Crippen LogP contribution is 2.23. The molecule has 4 heteroatoms. The maximum atomic E-state index is 11.0. The summed E-state index contributed by atoms with van der Waals surface area (Å²) >= 11 is 0.